The second-order valence-electron chi connectivity index (χ2n) is 6.33. The van der Waals surface area contributed by atoms with Crippen LogP contribution in [0.2, 0.25) is 0 Å². The van der Waals surface area contributed by atoms with E-state index in [0.29, 0.717) is 12.8 Å². The van der Waals surface area contributed by atoms with Crippen molar-refractivity contribution in [3.05, 3.63) is 35.4 Å². The maximum absolute atomic E-state index is 14.2. The molecule has 1 aromatic rings. The van der Waals surface area contributed by atoms with Crippen molar-refractivity contribution in [3.63, 3.8) is 0 Å². The number of benzene rings is 1. The summed E-state index contributed by atoms with van der Waals surface area (Å²) in [6.45, 7) is 1.95. The predicted molar refractivity (Wildman–Crippen MR) is 80.9 cm³/mol. The maximum Gasteiger partial charge on any atom is 0.303 e. The summed E-state index contributed by atoms with van der Waals surface area (Å²) in [4.78, 5) is 23.4. The Morgan fingerprint density at radius 1 is 1.30 bits per heavy atom. The highest BCUT2D eigenvalue weighted by atomic mass is 19.1. The van der Waals surface area contributed by atoms with Crippen LogP contribution in [0.3, 0.4) is 0 Å². The van der Waals surface area contributed by atoms with E-state index in [1.165, 1.54) is 12.1 Å². The maximum atomic E-state index is 14.2. The van der Waals surface area contributed by atoms with Gasteiger partial charge in [0, 0.05) is 24.6 Å². The number of carbonyl (C=O) groups is 2. The number of nitrogens with one attached hydrogen (secondary N) is 1. The van der Waals surface area contributed by atoms with E-state index in [9.17, 15) is 18.4 Å². The van der Waals surface area contributed by atoms with Gasteiger partial charge >= 0.3 is 5.97 Å². The molecular weight excluding hydrogens is 304 g/mol. The van der Waals surface area contributed by atoms with Crippen LogP contribution in [0.4, 0.5) is 8.78 Å². The van der Waals surface area contributed by atoms with Gasteiger partial charge in [-0.05, 0) is 24.8 Å². The zero-order valence-electron chi connectivity index (χ0n) is 13.1. The highest BCUT2D eigenvalue weighted by Gasteiger charge is 2.44. The molecule has 0 aliphatic heterocycles. The second kappa shape index (κ2) is 7.06. The van der Waals surface area contributed by atoms with Crippen LogP contribution in [0.5, 0.6) is 0 Å². The average Bonchev–Trinajstić information content (AvgIpc) is 2.94. The number of carbonyl (C=O) groups excluding carboxylic acids is 1. The number of rotatable bonds is 6. The Balaban J connectivity index is 2.17. The van der Waals surface area contributed by atoms with Gasteiger partial charge in [0.2, 0.25) is 5.91 Å². The molecule has 0 heterocycles. The van der Waals surface area contributed by atoms with Crippen LogP contribution in [0.15, 0.2) is 18.2 Å². The Labute approximate surface area is 133 Å². The highest BCUT2D eigenvalue weighted by molar-refractivity contribution is 5.88. The first-order valence-electron chi connectivity index (χ1n) is 7.81. The molecule has 126 valence electrons. The zero-order valence-corrected chi connectivity index (χ0v) is 13.1. The summed E-state index contributed by atoms with van der Waals surface area (Å²) < 4.78 is 27.3. The first-order chi connectivity index (χ1) is 10.8. The van der Waals surface area contributed by atoms with Crippen LogP contribution in [0.1, 0.15) is 44.6 Å². The fourth-order valence-electron chi connectivity index (χ4n) is 3.28. The van der Waals surface area contributed by atoms with Crippen molar-refractivity contribution in [2.75, 3.05) is 6.54 Å². The van der Waals surface area contributed by atoms with Crippen LogP contribution >= 0.6 is 0 Å². The molecule has 0 saturated heterocycles. The molecule has 1 fully saturated rings. The summed E-state index contributed by atoms with van der Waals surface area (Å²) in [7, 11) is 0. The van der Waals surface area contributed by atoms with E-state index in [1.54, 1.807) is 6.92 Å². The summed E-state index contributed by atoms with van der Waals surface area (Å²) in [6, 6.07) is 3.31. The van der Waals surface area contributed by atoms with Gasteiger partial charge in [0.15, 0.2) is 0 Å². The minimum absolute atomic E-state index is 0.0435. The van der Waals surface area contributed by atoms with Crippen molar-refractivity contribution < 1.29 is 23.5 Å². The van der Waals surface area contributed by atoms with Gasteiger partial charge in [-0.3, -0.25) is 9.59 Å². The lowest BCUT2D eigenvalue weighted by molar-refractivity contribution is -0.138. The molecule has 2 N–H and O–H groups in total. The van der Waals surface area contributed by atoms with E-state index in [4.69, 9.17) is 5.11 Å². The molecule has 1 aliphatic carbocycles. The Bertz CT molecular complexity index is 598. The first-order valence-corrected chi connectivity index (χ1v) is 7.81. The smallest absolute Gasteiger partial charge is 0.303 e. The van der Waals surface area contributed by atoms with Crippen molar-refractivity contribution in [2.24, 2.45) is 5.92 Å². The van der Waals surface area contributed by atoms with Crippen LogP contribution < -0.4 is 5.32 Å². The van der Waals surface area contributed by atoms with Gasteiger partial charge in [-0.15, -0.1) is 0 Å². The Hall–Kier alpha value is -1.98. The van der Waals surface area contributed by atoms with E-state index < -0.39 is 23.0 Å². The molecule has 1 amide bonds. The van der Waals surface area contributed by atoms with Crippen LogP contribution in [0, 0.1) is 17.6 Å². The summed E-state index contributed by atoms with van der Waals surface area (Å²) in [6.07, 6.45) is 2.57. The standard InChI is InChI=1S/C17H21F2NO3/c1-11(8-15(21)22)10-20-16(23)17(6-2-3-7-17)13-5-4-12(18)9-14(13)19/h4-5,9,11H,2-3,6-8,10H2,1H3,(H,20,23)(H,21,22). The molecule has 4 nitrogen and oxygen atoms in total. The van der Waals surface area contributed by atoms with E-state index >= 15 is 0 Å². The summed E-state index contributed by atoms with van der Waals surface area (Å²) in [5.74, 6) is -2.83. The SMILES string of the molecule is CC(CNC(=O)C1(c2ccc(F)cc2F)CCCC1)CC(=O)O. The molecule has 0 bridgehead atoms. The average molecular weight is 325 g/mol. The third-order valence-corrected chi connectivity index (χ3v) is 4.47. The summed E-state index contributed by atoms with van der Waals surface area (Å²) in [5.41, 5.74) is -0.763. The molecule has 0 spiro atoms. The predicted octanol–water partition coefficient (Wildman–Crippen LogP) is 3.00. The van der Waals surface area contributed by atoms with Crippen molar-refractivity contribution in [2.45, 2.75) is 44.4 Å². The lowest BCUT2D eigenvalue weighted by atomic mass is 9.77. The normalized spacial score (nSPS) is 17.7. The van der Waals surface area contributed by atoms with E-state index in [0.717, 1.165) is 18.9 Å². The highest BCUT2D eigenvalue weighted by Crippen LogP contribution is 2.42. The van der Waals surface area contributed by atoms with E-state index in [2.05, 4.69) is 5.32 Å². The lowest BCUT2D eigenvalue weighted by Crippen LogP contribution is -2.44. The topological polar surface area (TPSA) is 66.4 Å². The fourth-order valence-corrected chi connectivity index (χ4v) is 3.28. The van der Waals surface area contributed by atoms with Crippen LogP contribution in [-0.4, -0.2) is 23.5 Å². The second-order valence-corrected chi connectivity index (χ2v) is 6.33. The fraction of sp³-hybridized carbons (Fsp3) is 0.529. The third-order valence-electron chi connectivity index (χ3n) is 4.47. The molecule has 1 aromatic carbocycles. The number of hydrogen-bond acceptors (Lipinski definition) is 2. The van der Waals surface area contributed by atoms with Crippen LogP contribution in [-0.2, 0) is 15.0 Å². The quantitative estimate of drug-likeness (QED) is 0.845. The van der Waals surface area contributed by atoms with Gasteiger partial charge in [-0.1, -0.05) is 25.8 Å². The van der Waals surface area contributed by atoms with Crippen molar-refractivity contribution in [3.8, 4) is 0 Å². The van der Waals surface area contributed by atoms with Crippen molar-refractivity contribution >= 4 is 11.9 Å². The Morgan fingerprint density at radius 2 is 1.96 bits per heavy atom. The van der Waals surface area contributed by atoms with Crippen molar-refractivity contribution in [1.29, 1.82) is 0 Å². The molecule has 0 aromatic heterocycles. The number of aliphatic carboxylic acids is 1. The third kappa shape index (κ3) is 3.86. The monoisotopic (exact) mass is 325 g/mol. The number of hydrogen-bond donors (Lipinski definition) is 2. The Morgan fingerprint density at radius 3 is 2.52 bits per heavy atom. The largest absolute Gasteiger partial charge is 0.481 e. The molecule has 0 radical (unpaired) electrons. The van der Waals surface area contributed by atoms with E-state index in [1.807, 2.05) is 0 Å². The van der Waals surface area contributed by atoms with Gasteiger partial charge in [0.25, 0.3) is 0 Å². The van der Waals surface area contributed by atoms with Gasteiger partial charge in [-0.25, -0.2) is 8.78 Å². The molecule has 1 saturated carbocycles. The summed E-state index contributed by atoms with van der Waals surface area (Å²) in [5, 5.41) is 11.5. The van der Waals surface area contributed by atoms with Crippen molar-refractivity contribution in [1.82, 2.24) is 5.32 Å². The molecule has 1 aliphatic rings. The summed E-state index contributed by atoms with van der Waals surface area (Å²) >= 11 is 0. The first kappa shape index (κ1) is 17.4. The Kier molecular flexibility index (Phi) is 5.34. The van der Waals surface area contributed by atoms with Gasteiger partial charge in [0.05, 0.1) is 5.41 Å². The molecule has 23 heavy (non-hydrogen) atoms. The minimum Gasteiger partial charge on any atom is -0.481 e. The minimum atomic E-state index is -0.985. The molecular formula is C17H21F2NO3. The van der Waals surface area contributed by atoms with Crippen LogP contribution in [0.25, 0.3) is 0 Å². The molecule has 6 heteroatoms. The van der Waals surface area contributed by atoms with Gasteiger partial charge in [0.1, 0.15) is 11.6 Å². The zero-order chi connectivity index (χ0) is 17.0. The lowest BCUT2D eigenvalue weighted by Gasteiger charge is -2.29. The van der Waals surface area contributed by atoms with E-state index in [-0.39, 0.29) is 30.4 Å². The molecule has 2 rings (SSSR count). The van der Waals surface area contributed by atoms with Gasteiger partial charge < -0.3 is 10.4 Å². The number of carboxylic acid groups (broad SMARTS) is 1. The van der Waals surface area contributed by atoms with Gasteiger partial charge in [-0.2, -0.15) is 0 Å². The molecule has 1 unspecified atom stereocenters. The number of halogens is 2. The molecule has 1 atom stereocenters. The number of carboxylic acids is 1. The number of amides is 1.